The normalized spacial score (nSPS) is 18.4. The molecular formula is C27H21NO3. The maximum atomic E-state index is 13.5. The van der Waals surface area contributed by atoms with Crippen molar-refractivity contribution in [3.05, 3.63) is 107 Å². The summed E-state index contributed by atoms with van der Waals surface area (Å²) in [5.74, 6) is -1.29. The fraction of sp³-hybridized carbons (Fsp3) is 0.148. The third kappa shape index (κ3) is 3.91. The first-order chi connectivity index (χ1) is 15.1. The summed E-state index contributed by atoms with van der Waals surface area (Å²) < 4.78 is 5.26. The van der Waals surface area contributed by atoms with Crippen LogP contribution in [0.25, 0.3) is 5.57 Å². The average Bonchev–Trinajstić information content (AvgIpc) is 2.84. The Balaban J connectivity index is 1.86. The molecule has 152 valence electrons. The van der Waals surface area contributed by atoms with E-state index in [2.05, 4.69) is 6.07 Å². The largest absolute Gasteiger partial charge is 0.497 e. The highest BCUT2D eigenvalue weighted by atomic mass is 16.5. The molecule has 1 aliphatic carbocycles. The van der Waals surface area contributed by atoms with Crippen LogP contribution in [0.15, 0.2) is 90.5 Å². The van der Waals surface area contributed by atoms with Crippen LogP contribution in [0, 0.1) is 17.2 Å². The number of nitriles is 1. The van der Waals surface area contributed by atoms with E-state index < -0.39 is 11.7 Å². The van der Waals surface area contributed by atoms with Crippen molar-refractivity contribution in [1.29, 1.82) is 5.26 Å². The Kier molecular flexibility index (Phi) is 5.77. The molecule has 0 saturated heterocycles. The van der Waals surface area contributed by atoms with E-state index in [9.17, 15) is 14.9 Å². The van der Waals surface area contributed by atoms with Crippen molar-refractivity contribution in [3.8, 4) is 11.8 Å². The maximum Gasteiger partial charge on any atom is 0.185 e. The van der Waals surface area contributed by atoms with Gasteiger partial charge in [-0.15, -0.1) is 0 Å². The second-order valence-electron chi connectivity index (χ2n) is 7.49. The number of hydrogen-bond donors (Lipinski definition) is 0. The molecule has 0 heterocycles. The van der Waals surface area contributed by atoms with Gasteiger partial charge in [0.05, 0.1) is 18.6 Å². The van der Waals surface area contributed by atoms with Gasteiger partial charge < -0.3 is 4.74 Å². The Morgan fingerprint density at radius 1 is 0.935 bits per heavy atom. The van der Waals surface area contributed by atoms with Crippen molar-refractivity contribution in [3.63, 3.8) is 0 Å². The Morgan fingerprint density at radius 2 is 1.55 bits per heavy atom. The zero-order valence-electron chi connectivity index (χ0n) is 17.1. The topological polar surface area (TPSA) is 67.2 Å². The highest BCUT2D eigenvalue weighted by Gasteiger charge is 2.43. The van der Waals surface area contributed by atoms with Gasteiger partial charge in [-0.3, -0.25) is 9.59 Å². The second kappa shape index (κ2) is 8.81. The van der Waals surface area contributed by atoms with Crippen LogP contribution in [0.3, 0.4) is 0 Å². The second-order valence-corrected chi connectivity index (χ2v) is 7.49. The number of methoxy groups -OCH3 is 1. The lowest BCUT2D eigenvalue weighted by atomic mass is 9.68. The lowest BCUT2D eigenvalue weighted by Crippen LogP contribution is -2.35. The predicted molar refractivity (Wildman–Crippen MR) is 119 cm³/mol. The van der Waals surface area contributed by atoms with Gasteiger partial charge in [-0.1, -0.05) is 72.8 Å². The molecule has 31 heavy (non-hydrogen) atoms. The summed E-state index contributed by atoms with van der Waals surface area (Å²) in [6, 6.07) is 27.8. The van der Waals surface area contributed by atoms with Gasteiger partial charge in [-0.2, -0.15) is 5.26 Å². The zero-order chi connectivity index (χ0) is 21.8. The molecule has 3 aromatic carbocycles. The van der Waals surface area contributed by atoms with Crippen LogP contribution in [-0.2, 0) is 4.79 Å². The lowest BCUT2D eigenvalue weighted by Gasteiger charge is -2.31. The van der Waals surface area contributed by atoms with Crippen LogP contribution in [0.2, 0.25) is 0 Å². The molecule has 4 heteroatoms. The highest BCUT2D eigenvalue weighted by Crippen LogP contribution is 2.44. The molecular weight excluding hydrogens is 386 g/mol. The SMILES string of the molecule is COc1ccc(C2CC(c3ccccc3)=C(C#N)C(=O)C2C(=O)c2ccccc2)cc1. The number of rotatable bonds is 5. The number of nitrogens with zero attached hydrogens (tertiary/aromatic N) is 1. The fourth-order valence-corrected chi connectivity index (χ4v) is 4.20. The first-order valence-corrected chi connectivity index (χ1v) is 10.1. The molecule has 0 aliphatic heterocycles. The molecule has 0 aromatic heterocycles. The standard InChI is InChI=1S/C27H21NO3/c1-31-21-14-12-19(13-15-21)23-16-22(18-8-4-2-5-9-18)24(17-28)27(30)25(23)26(29)20-10-6-3-7-11-20/h2-15,23,25H,16H2,1H3. The molecule has 4 nitrogen and oxygen atoms in total. The summed E-state index contributed by atoms with van der Waals surface area (Å²) in [7, 11) is 1.59. The van der Waals surface area contributed by atoms with Crippen LogP contribution >= 0.6 is 0 Å². The number of benzene rings is 3. The smallest absolute Gasteiger partial charge is 0.185 e. The highest BCUT2D eigenvalue weighted by molar-refractivity contribution is 6.21. The molecule has 0 N–H and O–H groups in total. The fourth-order valence-electron chi connectivity index (χ4n) is 4.20. The quantitative estimate of drug-likeness (QED) is 0.429. The van der Waals surface area contributed by atoms with E-state index in [1.54, 1.807) is 31.4 Å². The Morgan fingerprint density at radius 3 is 2.13 bits per heavy atom. The van der Waals surface area contributed by atoms with Gasteiger partial charge in [-0.25, -0.2) is 0 Å². The van der Waals surface area contributed by atoms with E-state index in [1.807, 2.05) is 60.7 Å². The summed E-state index contributed by atoms with van der Waals surface area (Å²) in [5, 5.41) is 9.83. The lowest BCUT2D eigenvalue weighted by molar-refractivity contribution is -0.118. The Bertz CT molecular complexity index is 1170. The number of hydrogen-bond acceptors (Lipinski definition) is 4. The Hall–Kier alpha value is -3.97. The van der Waals surface area contributed by atoms with Crippen molar-refractivity contribution in [2.45, 2.75) is 12.3 Å². The van der Waals surface area contributed by atoms with E-state index >= 15 is 0 Å². The van der Waals surface area contributed by atoms with E-state index in [1.165, 1.54) is 0 Å². The summed E-state index contributed by atoms with van der Waals surface area (Å²) in [5.41, 5.74) is 2.93. The maximum absolute atomic E-state index is 13.5. The Labute approximate surface area is 181 Å². The van der Waals surface area contributed by atoms with E-state index in [-0.39, 0.29) is 17.3 Å². The number of carbonyl (C=O) groups excluding carboxylic acids is 2. The number of allylic oxidation sites excluding steroid dienone is 2. The van der Waals surface area contributed by atoms with Crippen LogP contribution in [0.1, 0.15) is 33.8 Å². The molecule has 0 amide bonds. The summed E-state index contributed by atoms with van der Waals surface area (Å²) in [4.78, 5) is 27.0. The predicted octanol–water partition coefficient (Wildman–Crippen LogP) is 5.23. The number of ether oxygens (including phenoxy) is 1. The van der Waals surface area contributed by atoms with E-state index in [0.717, 1.165) is 11.1 Å². The minimum absolute atomic E-state index is 0.0743. The van der Waals surface area contributed by atoms with Gasteiger partial charge in [0.25, 0.3) is 0 Å². The molecule has 0 saturated carbocycles. The number of carbonyl (C=O) groups is 2. The van der Waals surface area contributed by atoms with Gasteiger partial charge >= 0.3 is 0 Å². The van der Waals surface area contributed by atoms with Crippen molar-refractivity contribution in [2.24, 2.45) is 5.92 Å². The first kappa shape index (κ1) is 20.3. The van der Waals surface area contributed by atoms with Gasteiger partial charge in [0.2, 0.25) is 0 Å². The van der Waals surface area contributed by atoms with Gasteiger partial charge in [0.15, 0.2) is 11.6 Å². The zero-order valence-corrected chi connectivity index (χ0v) is 17.1. The van der Waals surface area contributed by atoms with Crippen molar-refractivity contribution in [1.82, 2.24) is 0 Å². The summed E-state index contributed by atoms with van der Waals surface area (Å²) >= 11 is 0. The molecule has 0 fully saturated rings. The monoisotopic (exact) mass is 407 g/mol. The van der Waals surface area contributed by atoms with Crippen molar-refractivity contribution < 1.29 is 14.3 Å². The summed E-state index contributed by atoms with van der Waals surface area (Å²) in [6.07, 6.45) is 0.425. The molecule has 0 radical (unpaired) electrons. The molecule has 2 atom stereocenters. The average molecular weight is 407 g/mol. The van der Waals surface area contributed by atoms with Crippen molar-refractivity contribution in [2.75, 3.05) is 7.11 Å². The third-order valence-electron chi connectivity index (χ3n) is 5.78. The molecule has 1 aliphatic rings. The van der Waals surface area contributed by atoms with Gasteiger partial charge in [-0.05, 0) is 35.3 Å². The van der Waals surface area contributed by atoms with Crippen LogP contribution < -0.4 is 4.74 Å². The van der Waals surface area contributed by atoms with Gasteiger partial charge in [0, 0.05) is 11.5 Å². The number of Topliss-reactive ketones (excluding diaryl/α,β-unsaturated/α-hetero) is 2. The minimum Gasteiger partial charge on any atom is -0.497 e. The minimum atomic E-state index is -0.946. The summed E-state index contributed by atoms with van der Waals surface area (Å²) in [6.45, 7) is 0. The van der Waals surface area contributed by atoms with Gasteiger partial charge in [0.1, 0.15) is 11.8 Å². The van der Waals surface area contributed by atoms with E-state index in [4.69, 9.17) is 4.74 Å². The third-order valence-corrected chi connectivity index (χ3v) is 5.78. The molecule has 4 rings (SSSR count). The molecule has 2 unspecified atom stereocenters. The molecule has 0 bridgehead atoms. The van der Waals surface area contributed by atoms with Crippen LogP contribution in [-0.4, -0.2) is 18.7 Å². The number of ketones is 2. The van der Waals surface area contributed by atoms with Crippen molar-refractivity contribution >= 4 is 17.1 Å². The van der Waals surface area contributed by atoms with E-state index in [0.29, 0.717) is 23.3 Å². The molecule has 3 aromatic rings. The van der Waals surface area contributed by atoms with Crippen LogP contribution in [0.5, 0.6) is 5.75 Å². The van der Waals surface area contributed by atoms with Crippen LogP contribution in [0.4, 0.5) is 0 Å². The molecule has 0 spiro atoms. The first-order valence-electron chi connectivity index (χ1n) is 10.1.